The smallest absolute Gasteiger partial charge is 0.269 e. The fourth-order valence-corrected chi connectivity index (χ4v) is 8.78. The third kappa shape index (κ3) is 4.87. The molecule has 2 saturated heterocycles. The quantitative estimate of drug-likeness (QED) is 0.417. The maximum atomic E-state index is 14.4. The molecule has 0 unspecified atom stereocenters. The molecular formula is C33H35Cl2N5O3S. The second-order valence-corrected chi connectivity index (χ2v) is 14.8. The first kappa shape index (κ1) is 29.8. The molecule has 5 aliphatic rings. The van der Waals surface area contributed by atoms with Crippen molar-refractivity contribution in [1.29, 1.82) is 0 Å². The number of likely N-dealkylation sites (tertiary alicyclic amines) is 1. The number of nitrogens with one attached hydrogen (secondary N) is 1. The van der Waals surface area contributed by atoms with Gasteiger partial charge in [-0.05, 0) is 79.3 Å². The molecule has 4 heterocycles. The molecule has 3 atom stereocenters. The predicted octanol–water partition coefficient (Wildman–Crippen LogP) is 5.72. The van der Waals surface area contributed by atoms with E-state index in [2.05, 4.69) is 17.1 Å². The van der Waals surface area contributed by atoms with E-state index in [1.807, 2.05) is 67.3 Å². The first-order valence-corrected chi connectivity index (χ1v) is 16.8. The van der Waals surface area contributed by atoms with E-state index in [9.17, 15) is 14.4 Å². The highest BCUT2D eigenvalue weighted by atomic mass is 35.5. The number of piperazine rings is 1. The number of thioether (sulfide) groups is 1. The van der Waals surface area contributed by atoms with Crippen molar-refractivity contribution in [2.45, 2.75) is 69.6 Å². The zero-order chi connectivity index (χ0) is 31.0. The number of nitrogens with zero attached hydrogens (tertiary/aromatic N) is 4. The van der Waals surface area contributed by atoms with E-state index in [1.54, 1.807) is 0 Å². The van der Waals surface area contributed by atoms with Crippen molar-refractivity contribution in [3.63, 3.8) is 0 Å². The minimum atomic E-state index is -0.783. The number of carbonyl (C=O) groups is 3. The molecule has 0 bridgehead atoms. The number of fused-ring (bicyclic) bond motifs is 1. The number of aliphatic imine (C=N–C) groups is 1. The molecule has 1 spiro atoms. The molecule has 3 amide bonds. The number of allylic oxidation sites excluding steroid dienone is 1. The molecule has 2 aromatic carbocycles. The average molecular weight is 653 g/mol. The fourth-order valence-electron chi connectivity index (χ4n) is 7.19. The summed E-state index contributed by atoms with van der Waals surface area (Å²) in [5.41, 5.74) is 2.11. The molecule has 1 aliphatic carbocycles. The Morgan fingerprint density at radius 3 is 2.34 bits per heavy atom. The van der Waals surface area contributed by atoms with Crippen molar-refractivity contribution in [3.8, 4) is 0 Å². The van der Waals surface area contributed by atoms with Gasteiger partial charge in [0, 0.05) is 47.3 Å². The predicted molar refractivity (Wildman–Crippen MR) is 173 cm³/mol. The monoisotopic (exact) mass is 651 g/mol. The van der Waals surface area contributed by atoms with Gasteiger partial charge in [-0.2, -0.15) is 0 Å². The fraction of sp³-hybridized carbons (Fsp3) is 0.455. The second-order valence-electron chi connectivity index (χ2n) is 12.9. The van der Waals surface area contributed by atoms with E-state index in [4.69, 9.17) is 28.2 Å². The van der Waals surface area contributed by atoms with Crippen LogP contribution in [0, 0.1) is 5.92 Å². The molecule has 8 nitrogen and oxygen atoms in total. The van der Waals surface area contributed by atoms with Gasteiger partial charge in [-0.3, -0.25) is 19.3 Å². The largest absolute Gasteiger partial charge is 0.338 e. The zero-order valence-electron chi connectivity index (χ0n) is 25.0. The summed E-state index contributed by atoms with van der Waals surface area (Å²) in [5, 5.41) is 5.50. The van der Waals surface area contributed by atoms with Crippen LogP contribution in [0.3, 0.4) is 0 Å². The van der Waals surface area contributed by atoms with Crippen LogP contribution in [0.5, 0.6) is 0 Å². The molecule has 4 aliphatic heterocycles. The first-order chi connectivity index (χ1) is 21.0. The number of amides is 3. The lowest BCUT2D eigenvalue weighted by molar-refractivity contribution is -0.149. The highest BCUT2D eigenvalue weighted by Gasteiger charge is 2.55. The summed E-state index contributed by atoms with van der Waals surface area (Å²) in [6, 6.07) is 14.4. The molecule has 0 aromatic heterocycles. The molecule has 11 heteroatoms. The highest BCUT2D eigenvalue weighted by Crippen LogP contribution is 2.56. The van der Waals surface area contributed by atoms with Crippen LogP contribution < -0.4 is 5.32 Å². The van der Waals surface area contributed by atoms with Crippen LogP contribution in [0.15, 0.2) is 64.1 Å². The van der Waals surface area contributed by atoms with Crippen LogP contribution in [0.25, 0.3) is 0 Å². The Hall–Kier alpha value is -2.85. The van der Waals surface area contributed by atoms with Crippen LogP contribution in [-0.2, 0) is 19.9 Å². The van der Waals surface area contributed by atoms with Crippen LogP contribution in [0.2, 0.25) is 10.0 Å². The number of hydrogen-bond donors (Lipinski definition) is 1. The summed E-state index contributed by atoms with van der Waals surface area (Å²) in [4.78, 5) is 52.5. The summed E-state index contributed by atoms with van der Waals surface area (Å²) < 4.78 is 0. The summed E-state index contributed by atoms with van der Waals surface area (Å²) in [6.07, 6.45) is 2.63. The Bertz CT molecular complexity index is 1600. The third-order valence-electron chi connectivity index (χ3n) is 9.62. The standard InChI is InChI=1S/C33H35Cl2N5O3S/c1-19(2)26-27(30(43)39-24(12-13-25(39)41)29(42)38-17-16-36-33(18-38)14-15-33)44-31-37-32(3,21-6-10-23(35)11-7-21)28(40(26)31)20-4-8-22(34)9-5-20/h4-11,19,24,28,36H,12-18H2,1-3H3/t24-,28+,32-/m0/s1. The number of rotatable bonds is 5. The lowest BCUT2D eigenvalue weighted by Crippen LogP contribution is -2.58. The van der Waals surface area contributed by atoms with E-state index >= 15 is 0 Å². The molecule has 0 radical (unpaired) electrons. The normalized spacial score (nSPS) is 27.5. The van der Waals surface area contributed by atoms with Crippen LogP contribution in [0.4, 0.5) is 0 Å². The Balaban J connectivity index is 1.26. The van der Waals surface area contributed by atoms with Gasteiger partial charge in [-0.1, -0.05) is 61.3 Å². The minimum Gasteiger partial charge on any atom is -0.338 e. The third-order valence-corrected chi connectivity index (χ3v) is 11.2. The summed E-state index contributed by atoms with van der Waals surface area (Å²) >= 11 is 13.8. The summed E-state index contributed by atoms with van der Waals surface area (Å²) in [6.45, 7) is 8.13. The Morgan fingerprint density at radius 2 is 1.70 bits per heavy atom. The van der Waals surface area contributed by atoms with Gasteiger partial charge in [0.05, 0.1) is 6.04 Å². The number of amidine groups is 1. The van der Waals surface area contributed by atoms with Crippen molar-refractivity contribution in [2.75, 3.05) is 19.6 Å². The van der Waals surface area contributed by atoms with Gasteiger partial charge >= 0.3 is 0 Å². The van der Waals surface area contributed by atoms with Gasteiger partial charge in [0.25, 0.3) is 5.91 Å². The van der Waals surface area contributed by atoms with Crippen LogP contribution in [-0.4, -0.2) is 68.8 Å². The number of halogens is 2. The Morgan fingerprint density at radius 1 is 1.05 bits per heavy atom. The second kappa shape index (κ2) is 10.9. The van der Waals surface area contributed by atoms with E-state index < -0.39 is 17.5 Å². The Labute approximate surface area is 271 Å². The molecular weight excluding hydrogens is 617 g/mol. The molecule has 1 saturated carbocycles. The van der Waals surface area contributed by atoms with Gasteiger partial charge < -0.3 is 15.1 Å². The summed E-state index contributed by atoms with van der Waals surface area (Å²) in [5.74, 6) is -0.892. The number of hydrogen-bond acceptors (Lipinski definition) is 7. The molecule has 1 N–H and O–H groups in total. The molecule has 2 aromatic rings. The maximum Gasteiger partial charge on any atom is 0.269 e. The number of carbonyl (C=O) groups excluding carboxylic acids is 3. The van der Waals surface area contributed by atoms with Gasteiger partial charge in [0.1, 0.15) is 16.5 Å². The SMILES string of the molecule is CC(C)C1=C(C(=O)N2C(=O)CC[C@H]2C(=O)N2CCNC3(CC3)C2)SC2=N[C@@](C)(c3ccc(Cl)cc3)[C@@H](c3ccc(Cl)cc3)N21. The zero-order valence-corrected chi connectivity index (χ0v) is 27.3. The lowest BCUT2D eigenvalue weighted by atomic mass is 9.81. The topological polar surface area (TPSA) is 85.3 Å². The van der Waals surface area contributed by atoms with Gasteiger partial charge in [-0.15, -0.1) is 0 Å². The molecule has 230 valence electrons. The average Bonchev–Trinajstić information content (AvgIpc) is 3.31. The van der Waals surface area contributed by atoms with Crippen LogP contribution in [0.1, 0.15) is 63.6 Å². The van der Waals surface area contributed by atoms with Crippen molar-refractivity contribution in [1.82, 2.24) is 20.0 Å². The molecule has 7 rings (SSSR count). The van der Waals surface area contributed by atoms with E-state index in [-0.39, 0.29) is 35.7 Å². The van der Waals surface area contributed by atoms with Gasteiger partial charge in [0.15, 0.2) is 5.17 Å². The van der Waals surface area contributed by atoms with Crippen LogP contribution >= 0.6 is 35.0 Å². The highest BCUT2D eigenvalue weighted by molar-refractivity contribution is 8.18. The van der Waals surface area contributed by atoms with Crippen molar-refractivity contribution >= 4 is 57.9 Å². The number of benzene rings is 2. The van der Waals surface area contributed by atoms with Gasteiger partial charge in [0.2, 0.25) is 11.8 Å². The summed E-state index contributed by atoms with van der Waals surface area (Å²) in [7, 11) is 0. The number of imide groups is 1. The van der Waals surface area contributed by atoms with Gasteiger partial charge in [-0.25, -0.2) is 4.99 Å². The van der Waals surface area contributed by atoms with Crippen molar-refractivity contribution in [3.05, 3.63) is 80.3 Å². The first-order valence-electron chi connectivity index (χ1n) is 15.2. The maximum absolute atomic E-state index is 14.4. The minimum absolute atomic E-state index is 0.0102. The van der Waals surface area contributed by atoms with Crippen molar-refractivity contribution < 1.29 is 14.4 Å². The van der Waals surface area contributed by atoms with Crippen molar-refractivity contribution in [2.24, 2.45) is 10.9 Å². The van der Waals surface area contributed by atoms with E-state index in [0.29, 0.717) is 39.6 Å². The molecule has 44 heavy (non-hydrogen) atoms. The van der Waals surface area contributed by atoms with E-state index in [0.717, 1.165) is 36.2 Å². The lowest BCUT2D eigenvalue weighted by Gasteiger charge is -2.37. The Kier molecular flexibility index (Phi) is 7.39. The van der Waals surface area contributed by atoms with E-state index in [1.165, 1.54) is 16.7 Å². The molecule has 3 fully saturated rings.